The summed E-state index contributed by atoms with van der Waals surface area (Å²) in [6.45, 7) is 3.56. The van der Waals surface area contributed by atoms with Crippen molar-refractivity contribution in [2.45, 2.75) is 24.1 Å². The molecule has 2 atom stereocenters. The van der Waals surface area contributed by atoms with Gasteiger partial charge in [0.15, 0.2) is 0 Å². The number of aliphatic hydroxyl groups is 1. The van der Waals surface area contributed by atoms with E-state index in [4.69, 9.17) is 17.3 Å². The molecule has 0 aromatic heterocycles. The molecule has 38 heavy (non-hydrogen) atoms. The molecule has 1 aliphatic heterocycles. The molecule has 1 aliphatic rings. The molecule has 0 radical (unpaired) electrons. The van der Waals surface area contributed by atoms with Crippen LogP contribution < -0.4 is 10.6 Å². The molecule has 1 fully saturated rings. The van der Waals surface area contributed by atoms with E-state index in [-0.39, 0.29) is 25.5 Å². The lowest BCUT2D eigenvalue weighted by atomic mass is 10.1. The summed E-state index contributed by atoms with van der Waals surface area (Å²) in [4.78, 5) is 43.2. The Labute approximate surface area is 233 Å². The molecule has 1 heterocycles. The van der Waals surface area contributed by atoms with Gasteiger partial charge in [0.2, 0.25) is 5.91 Å². The molecule has 3 N–H and O–H groups in total. The molecule has 1 saturated heterocycles. The molecular formula is C27H35ClN4O5S. The Hall–Kier alpha value is -2.63. The topological polar surface area (TPSA) is 116 Å². The summed E-state index contributed by atoms with van der Waals surface area (Å²) in [6.07, 6.45) is 0.913. The molecule has 2 amide bonds. The number of benzene rings is 2. The number of rotatable bonds is 11. The maximum Gasteiger partial charge on any atom is 0.322 e. The largest absolute Gasteiger partial charge is 0.468 e. The average molecular weight is 563 g/mol. The third kappa shape index (κ3) is 8.18. The van der Waals surface area contributed by atoms with E-state index in [2.05, 4.69) is 22.3 Å². The predicted molar refractivity (Wildman–Crippen MR) is 151 cm³/mol. The van der Waals surface area contributed by atoms with Gasteiger partial charge in [0.1, 0.15) is 6.04 Å². The van der Waals surface area contributed by atoms with Crippen LogP contribution in [0.3, 0.4) is 0 Å². The number of nitrogens with zero attached hydrogens (tertiary/aromatic N) is 3. The first-order valence-corrected chi connectivity index (χ1v) is 13.4. The first-order chi connectivity index (χ1) is 18.2. The number of amides is 2. The van der Waals surface area contributed by atoms with E-state index in [0.717, 1.165) is 31.1 Å². The maximum atomic E-state index is 13.1. The van der Waals surface area contributed by atoms with Gasteiger partial charge < -0.3 is 25.4 Å². The fourth-order valence-corrected chi connectivity index (χ4v) is 4.81. The molecule has 0 aliphatic carbocycles. The Balaban J connectivity index is 1.55. The quantitative estimate of drug-likeness (QED) is 0.283. The number of esters is 1. The van der Waals surface area contributed by atoms with Crippen molar-refractivity contribution in [2.24, 2.45) is 5.73 Å². The lowest BCUT2D eigenvalue weighted by Gasteiger charge is -2.35. The predicted octanol–water partition coefficient (Wildman–Crippen LogP) is 1.85. The van der Waals surface area contributed by atoms with Gasteiger partial charge in [-0.05, 0) is 54.8 Å². The number of piperazine rings is 1. The summed E-state index contributed by atoms with van der Waals surface area (Å²) >= 11 is 10.3. The number of ether oxygens (including phenoxy) is 1. The van der Waals surface area contributed by atoms with Gasteiger partial charge in [-0.25, -0.2) is 0 Å². The van der Waals surface area contributed by atoms with Crippen molar-refractivity contribution >= 4 is 47.7 Å². The van der Waals surface area contributed by atoms with Crippen molar-refractivity contribution in [1.82, 2.24) is 9.80 Å². The van der Waals surface area contributed by atoms with E-state index in [0.29, 0.717) is 24.3 Å². The summed E-state index contributed by atoms with van der Waals surface area (Å²) in [6, 6.07) is 13.6. The number of carbonyl (C=O) groups excluding carboxylic acids is 3. The number of methoxy groups -OCH3 is 1. The number of thiol groups is 1. The number of halogens is 1. The normalized spacial score (nSPS) is 15.6. The van der Waals surface area contributed by atoms with Crippen LogP contribution in [-0.2, 0) is 20.7 Å². The van der Waals surface area contributed by atoms with Crippen molar-refractivity contribution in [3.63, 3.8) is 0 Å². The van der Waals surface area contributed by atoms with E-state index in [1.165, 1.54) is 17.6 Å². The molecule has 11 heteroatoms. The molecular weight excluding hydrogens is 528 g/mol. The van der Waals surface area contributed by atoms with Gasteiger partial charge in [-0.15, -0.1) is 0 Å². The Morgan fingerprint density at radius 2 is 1.71 bits per heavy atom. The SMILES string of the molecule is COC(=O)C(N)C[C@H](S)C(=O)N(CCO)c1ccc(C(=O)N2CCN(CCc3ccc(Cl)cc3)CC2)cc1. The number of nitrogens with two attached hydrogens (primary N) is 1. The highest BCUT2D eigenvalue weighted by Gasteiger charge is 2.28. The minimum absolute atomic E-state index is 0.0151. The first kappa shape index (κ1) is 29.9. The lowest BCUT2D eigenvalue weighted by Crippen LogP contribution is -2.49. The Bertz CT molecular complexity index is 1080. The number of aliphatic hydroxyl groups excluding tert-OH is 1. The summed E-state index contributed by atoms with van der Waals surface area (Å²) < 4.78 is 4.61. The molecule has 2 aromatic rings. The van der Waals surface area contributed by atoms with Crippen molar-refractivity contribution < 1.29 is 24.2 Å². The van der Waals surface area contributed by atoms with Gasteiger partial charge in [-0.3, -0.25) is 19.3 Å². The number of anilines is 1. The fraction of sp³-hybridized carbons (Fsp3) is 0.444. The highest BCUT2D eigenvalue weighted by atomic mass is 35.5. The second-order valence-electron chi connectivity index (χ2n) is 9.15. The summed E-state index contributed by atoms with van der Waals surface area (Å²) in [7, 11) is 1.22. The van der Waals surface area contributed by atoms with Crippen LogP contribution in [0.2, 0.25) is 5.02 Å². The van der Waals surface area contributed by atoms with Gasteiger partial charge >= 0.3 is 5.97 Å². The maximum absolute atomic E-state index is 13.1. The molecule has 0 saturated carbocycles. The summed E-state index contributed by atoms with van der Waals surface area (Å²) in [5.74, 6) is -1.10. The summed E-state index contributed by atoms with van der Waals surface area (Å²) in [5.41, 5.74) is 8.04. The van der Waals surface area contributed by atoms with Gasteiger partial charge in [0, 0.05) is 55.5 Å². The van der Waals surface area contributed by atoms with Gasteiger partial charge in [0.25, 0.3) is 5.91 Å². The van der Waals surface area contributed by atoms with E-state index in [1.807, 2.05) is 29.2 Å². The highest BCUT2D eigenvalue weighted by molar-refractivity contribution is 7.81. The Morgan fingerprint density at radius 1 is 1.08 bits per heavy atom. The minimum atomic E-state index is -0.986. The number of hydrogen-bond donors (Lipinski definition) is 3. The Kier molecular flexibility index (Phi) is 11.4. The number of carbonyl (C=O) groups is 3. The van der Waals surface area contributed by atoms with Crippen molar-refractivity contribution in [3.05, 3.63) is 64.7 Å². The molecule has 1 unspecified atom stereocenters. The van der Waals surface area contributed by atoms with Crippen molar-refractivity contribution in [3.8, 4) is 0 Å². The van der Waals surface area contributed by atoms with E-state index in [9.17, 15) is 19.5 Å². The molecule has 206 valence electrons. The lowest BCUT2D eigenvalue weighted by molar-refractivity contribution is -0.142. The standard InChI is InChI=1S/C27H35ClN4O5S/c1-37-27(36)23(29)18-24(38)26(35)32(16-17-33)22-8-4-20(5-9-22)25(34)31-14-12-30(13-15-31)11-10-19-2-6-21(28)7-3-19/h2-9,23-24,33,38H,10-18,29H2,1H3/t23?,24-/m0/s1. The van der Waals surface area contributed by atoms with E-state index < -0.39 is 23.2 Å². The molecule has 3 rings (SSSR count). The third-order valence-electron chi connectivity index (χ3n) is 6.57. The van der Waals surface area contributed by atoms with Crippen LogP contribution in [0.5, 0.6) is 0 Å². The van der Waals surface area contributed by atoms with Crippen molar-refractivity contribution in [1.29, 1.82) is 0 Å². The van der Waals surface area contributed by atoms with Gasteiger partial charge in [-0.1, -0.05) is 23.7 Å². The van der Waals surface area contributed by atoms with E-state index in [1.54, 1.807) is 24.3 Å². The van der Waals surface area contributed by atoms with Crippen LogP contribution in [0, 0.1) is 0 Å². The van der Waals surface area contributed by atoms with Crippen LogP contribution in [0.4, 0.5) is 5.69 Å². The smallest absolute Gasteiger partial charge is 0.322 e. The third-order valence-corrected chi connectivity index (χ3v) is 7.25. The number of hydrogen-bond acceptors (Lipinski definition) is 8. The molecule has 9 nitrogen and oxygen atoms in total. The fourth-order valence-electron chi connectivity index (χ4n) is 4.31. The second-order valence-corrected chi connectivity index (χ2v) is 10.2. The van der Waals surface area contributed by atoms with Gasteiger partial charge in [0.05, 0.1) is 19.0 Å². The van der Waals surface area contributed by atoms with Gasteiger partial charge in [-0.2, -0.15) is 12.6 Å². The monoisotopic (exact) mass is 562 g/mol. The van der Waals surface area contributed by atoms with Crippen LogP contribution in [0.15, 0.2) is 48.5 Å². The minimum Gasteiger partial charge on any atom is -0.468 e. The summed E-state index contributed by atoms with van der Waals surface area (Å²) in [5, 5.41) is 9.36. The average Bonchev–Trinajstić information content (AvgIpc) is 2.94. The van der Waals surface area contributed by atoms with Crippen LogP contribution in [0.25, 0.3) is 0 Å². The van der Waals surface area contributed by atoms with E-state index >= 15 is 0 Å². The molecule has 2 aromatic carbocycles. The van der Waals surface area contributed by atoms with Crippen LogP contribution in [0.1, 0.15) is 22.3 Å². The zero-order valence-corrected chi connectivity index (χ0v) is 23.1. The zero-order valence-electron chi connectivity index (χ0n) is 21.5. The van der Waals surface area contributed by atoms with Crippen molar-refractivity contribution in [2.75, 3.05) is 57.9 Å². The zero-order chi connectivity index (χ0) is 27.7. The highest BCUT2D eigenvalue weighted by Crippen LogP contribution is 2.21. The van der Waals surface area contributed by atoms with Crippen LogP contribution >= 0.6 is 24.2 Å². The molecule has 0 spiro atoms. The second kappa shape index (κ2) is 14.5. The molecule has 0 bridgehead atoms. The van der Waals surface area contributed by atoms with Crippen LogP contribution in [-0.4, -0.2) is 97.0 Å². The Morgan fingerprint density at radius 3 is 2.29 bits per heavy atom. The first-order valence-electron chi connectivity index (χ1n) is 12.5.